The van der Waals surface area contributed by atoms with E-state index < -0.39 is 14.8 Å². The van der Waals surface area contributed by atoms with Crippen LogP contribution < -0.4 is 0 Å². The number of rotatable bonds is 2. The summed E-state index contributed by atoms with van der Waals surface area (Å²) in [6.07, 6.45) is 2.33. The highest BCUT2D eigenvalue weighted by Crippen LogP contribution is 2.27. The van der Waals surface area contributed by atoms with E-state index in [1.807, 2.05) is 0 Å². The van der Waals surface area contributed by atoms with Gasteiger partial charge in [-0.2, -0.15) is 0 Å². The molecule has 0 aromatic carbocycles. The van der Waals surface area contributed by atoms with Gasteiger partial charge in [-0.1, -0.05) is 0 Å². The third-order valence-corrected chi connectivity index (χ3v) is 5.78. The zero-order chi connectivity index (χ0) is 12.6. The van der Waals surface area contributed by atoms with Crippen LogP contribution in [0.2, 0.25) is 0 Å². The van der Waals surface area contributed by atoms with Crippen molar-refractivity contribution < 1.29 is 13.2 Å². The number of hydrogen-bond acceptors (Lipinski definition) is 3. The van der Waals surface area contributed by atoms with E-state index in [0.717, 1.165) is 0 Å². The molecule has 1 fully saturated rings. The second kappa shape index (κ2) is 4.45. The minimum atomic E-state index is -3.27. The van der Waals surface area contributed by atoms with Gasteiger partial charge in [-0.15, -0.1) is 0 Å². The Labute approximate surface area is 98.1 Å². The molecule has 1 aliphatic carbocycles. The first-order chi connectivity index (χ1) is 7.16. The monoisotopic (exact) mass is 247 g/mol. The standard InChI is InChI=1S/C11H21NO3S/c1-11(2,3)16(14,15)12(4)9-5-7-10(13)8-6-9/h9H,5-8H2,1-4H3. The molecule has 0 bridgehead atoms. The Bertz CT molecular complexity index is 357. The van der Waals surface area contributed by atoms with Crippen molar-refractivity contribution >= 4 is 15.8 Å². The third-order valence-electron chi connectivity index (χ3n) is 3.18. The molecule has 4 nitrogen and oxygen atoms in total. The molecule has 16 heavy (non-hydrogen) atoms. The molecule has 1 rings (SSSR count). The van der Waals surface area contributed by atoms with Gasteiger partial charge in [0.05, 0.1) is 4.75 Å². The van der Waals surface area contributed by atoms with E-state index in [4.69, 9.17) is 0 Å². The van der Waals surface area contributed by atoms with E-state index in [0.29, 0.717) is 25.7 Å². The summed E-state index contributed by atoms with van der Waals surface area (Å²) in [5.74, 6) is 0.248. The van der Waals surface area contributed by atoms with E-state index in [-0.39, 0.29) is 11.8 Å². The number of ketones is 1. The third kappa shape index (κ3) is 2.63. The molecule has 0 aromatic rings. The summed E-state index contributed by atoms with van der Waals surface area (Å²) in [6, 6.07) is -0.0121. The molecule has 0 aromatic heterocycles. The number of carbonyl (C=O) groups is 1. The van der Waals surface area contributed by atoms with Crippen molar-refractivity contribution in [3.05, 3.63) is 0 Å². The van der Waals surface area contributed by atoms with Crippen molar-refractivity contribution in [1.29, 1.82) is 0 Å². The molecule has 0 saturated heterocycles. The molecular formula is C11H21NO3S. The predicted octanol–water partition coefficient (Wildman–Crippen LogP) is 1.56. The second-order valence-electron chi connectivity index (χ2n) is 5.40. The lowest BCUT2D eigenvalue weighted by atomic mass is 9.95. The first-order valence-corrected chi connectivity index (χ1v) is 7.09. The summed E-state index contributed by atoms with van der Waals surface area (Å²) >= 11 is 0. The predicted molar refractivity (Wildman–Crippen MR) is 63.7 cm³/mol. The molecule has 0 N–H and O–H groups in total. The Morgan fingerprint density at radius 3 is 2.00 bits per heavy atom. The zero-order valence-electron chi connectivity index (χ0n) is 10.5. The van der Waals surface area contributed by atoms with Crippen LogP contribution in [0.5, 0.6) is 0 Å². The van der Waals surface area contributed by atoms with E-state index in [1.165, 1.54) is 4.31 Å². The van der Waals surface area contributed by atoms with Crippen LogP contribution in [-0.4, -0.2) is 36.3 Å². The molecule has 1 aliphatic rings. The van der Waals surface area contributed by atoms with Gasteiger partial charge in [-0.25, -0.2) is 12.7 Å². The van der Waals surface area contributed by atoms with Crippen LogP contribution in [0.3, 0.4) is 0 Å². The maximum absolute atomic E-state index is 12.2. The van der Waals surface area contributed by atoms with Crippen molar-refractivity contribution in [1.82, 2.24) is 4.31 Å². The van der Waals surface area contributed by atoms with Crippen molar-refractivity contribution in [2.45, 2.75) is 57.2 Å². The van der Waals surface area contributed by atoms with Gasteiger partial charge in [0, 0.05) is 25.9 Å². The fourth-order valence-electron chi connectivity index (χ4n) is 1.92. The van der Waals surface area contributed by atoms with Crippen LogP contribution in [0.25, 0.3) is 0 Å². The maximum atomic E-state index is 12.2. The molecule has 0 atom stereocenters. The van der Waals surface area contributed by atoms with Gasteiger partial charge in [-0.05, 0) is 33.6 Å². The number of nitrogens with zero attached hydrogens (tertiary/aromatic N) is 1. The first kappa shape index (κ1) is 13.6. The fourth-order valence-corrected chi connectivity index (χ4v) is 3.38. The molecule has 0 unspecified atom stereocenters. The minimum Gasteiger partial charge on any atom is -0.300 e. The number of sulfonamides is 1. The van der Waals surface area contributed by atoms with Crippen LogP contribution >= 0.6 is 0 Å². The average Bonchev–Trinajstić information content (AvgIpc) is 2.16. The van der Waals surface area contributed by atoms with Gasteiger partial charge in [0.25, 0.3) is 0 Å². The quantitative estimate of drug-likeness (QED) is 0.744. The first-order valence-electron chi connectivity index (χ1n) is 5.65. The highest BCUT2D eigenvalue weighted by atomic mass is 32.2. The topological polar surface area (TPSA) is 54.5 Å². The van der Waals surface area contributed by atoms with Gasteiger partial charge in [0.2, 0.25) is 10.0 Å². The number of carbonyl (C=O) groups excluding carboxylic acids is 1. The summed E-state index contributed by atoms with van der Waals surface area (Å²) in [4.78, 5) is 11.1. The lowest BCUT2D eigenvalue weighted by Gasteiger charge is -2.34. The second-order valence-corrected chi connectivity index (χ2v) is 8.15. The van der Waals surface area contributed by atoms with Gasteiger partial charge in [-0.3, -0.25) is 4.79 Å². The van der Waals surface area contributed by atoms with E-state index in [9.17, 15) is 13.2 Å². The molecular weight excluding hydrogens is 226 g/mol. The van der Waals surface area contributed by atoms with Gasteiger partial charge in [0.1, 0.15) is 5.78 Å². The number of hydrogen-bond donors (Lipinski definition) is 0. The van der Waals surface area contributed by atoms with Crippen molar-refractivity contribution in [2.24, 2.45) is 0 Å². The Kier molecular flexibility index (Phi) is 3.80. The normalized spacial score (nSPS) is 20.4. The van der Waals surface area contributed by atoms with Gasteiger partial charge in [0.15, 0.2) is 0 Å². The van der Waals surface area contributed by atoms with Crippen molar-refractivity contribution in [3.8, 4) is 0 Å². The Balaban J connectivity index is 2.79. The molecule has 94 valence electrons. The largest absolute Gasteiger partial charge is 0.300 e. The summed E-state index contributed by atoms with van der Waals surface area (Å²) in [5.41, 5.74) is 0. The Morgan fingerprint density at radius 2 is 1.62 bits per heavy atom. The van der Waals surface area contributed by atoms with Crippen LogP contribution in [0.4, 0.5) is 0 Å². The highest BCUT2D eigenvalue weighted by molar-refractivity contribution is 7.90. The lowest BCUT2D eigenvalue weighted by molar-refractivity contribution is -0.120. The average molecular weight is 247 g/mol. The van der Waals surface area contributed by atoms with Crippen molar-refractivity contribution in [2.75, 3.05) is 7.05 Å². The Hall–Kier alpha value is -0.420. The van der Waals surface area contributed by atoms with E-state index in [1.54, 1.807) is 27.8 Å². The van der Waals surface area contributed by atoms with Crippen LogP contribution in [0.15, 0.2) is 0 Å². The van der Waals surface area contributed by atoms with Crippen molar-refractivity contribution in [3.63, 3.8) is 0 Å². The van der Waals surface area contributed by atoms with E-state index in [2.05, 4.69) is 0 Å². The number of Topliss-reactive ketones (excluding diaryl/α,β-unsaturated/α-hetero) is 1. The summed E-state index contributed by atoms with van der Waals surface area (Å²) < 4.78 is 25.0. The molecule has 0 amide bonds. The molecule has 1 saturated carbocycles. The van der Waals surface area contributed by atoms with Crippen LogP contribution in [0, 0.1) is 0 Å². The highest BCUT2D eigenvalue weighted by Gasteiger charge is 2.37. The SMILES string of the molecule is CN(C1CCC(=O)CC1)S(=O)(=O)C(C)(C)C. The zero-order valence-corrected chi connectivity index (χ0v) is 11.3. The lowest BCUT2D eigenvalue weighted by Crippen LogP contribution is -2.47. The molecule has 0 radical (unpaired) electrons. The summed E-state index contributed by atoms with van der Waals surface area (Å²) in [7, 11) is -1.65. The van der Waals surface area contributed by atoms with Crippen LogP contribution in [-0.2, 0) is 14.8 Å². The van der Waals surface area contributed by atoms with Crippen LogP contribution in [0.1, 0.15) is 46.5 Å². The minimum absolute atomic E-state index is 0.0121. The maximum Gasteiger partial charge on any atom is 0.219 e. The summed E-state index contributed by atoms with van der Waals surface area (Å²) in [5, 5.41) is 0. The fraction of sp³-hybridized carbons (Fsp3) is 0.909. The Morgan fingerprint density at radius 1 is 1.19 bits per heavy atom. The van der Waals surface area contributed by atoms with Gasteiger partial charge < -0.3 is 0 Å². The molecule has 5 heteroatoms. The molecule has 0 heterocycles. The molecule has 0 spiro atoms. The smallest absolute Gasteiger partial charge is 0.219 e. The van der Waals surface area contributed by atoms with Gasteiger partial charge >= 0.3 is 0 Å². The summed E-state index contributed by atoms with van der Waals surface area (Å²) in [6.45, 7) is 5.10. The molecule has 0 aliphatic heterocycles. The van der Waals surface area contributed by atoms with E-state index >= 15 is 0 Å².